The largest absolute Gasteiger partial charge is 0.497 e. The van der Waals surface area contributed by atoms with Crippen LogP contribution < -0.4 is 15.2 Å². The van der Waals surface area contributed by atoms with Crippen LogP contribution in [0.5, 0.6) is 11.5 Å². The number of hydrogen-bond donors (Lipinski definition) is 1. The van der Waals surface area contributed by atoms with Crippen molar-refractivity contribution in [1.29, 1.82) is 0 Å². The highest BCUT2D eigenvalue weighted by atomic mass is 32.1. The molecule has 0 aliphatic rings. The fourth-order valence-electron chi connectivity index (χ4n) is 1.77. The summed E-state index contributed by atoms with van der Waals surface area (Å²) in [4.78, 5) is 0.323. The predicted octanol–water partition coefficient (Wildman–Crippen LogP) is 3.22. The van der Waals surface area contributed by atoms with Gasteiger partial charge in [-0.05, 0) is 24.6 Å². The minimum atomic E-state index is 0.323. The van der Waals surface area contributed by atoms with Crippen LogP contribution in [0.1, 0.15) is 16.7 Å². The summed E-state index contributed by atoms with van der Waals surface area (Å²) < 4.78 is 11.0. The zero-order valence-corrected chi connectivity index (χ0v) is 12.4. The molecule has 0 aromatic heterocycles. The van der Waals surface area contributed by atoms with Crippen LogP contribution >= 0.6 is 12.2 Å². The maximum atomic E-state index is 5.77. The van der Waals surface area contributed by atoms with Gasteiger partial charge in [0.2, 0.25) is 0 Å². The van der Waals surface area contributed by atoms with E-state index in [2.05, 4.69) is 19.1 Å². The number of nitrogens with two attached hydrogens (primary N) is 1. The summed E-state index contributed by atoms with van der Waals surface area (Å²) in [6, 6.07) is 13.6. The number of hydrogen-bond acceptors (Lipinski definition) is 3. The molecule has 0 atom stereocenters. The van der Waals surface area contributed by atoms with E-state index in [-0.39, 0.29) is 0 Å². The predicted molar refractivity (Wildman–Crippen MR) is 84.4 cm³/mol. The van der Waals surface area contributed by atoms with Gasteiger partial charge in [-0.15, -0.1) is 0 Å². The van der Waals surface area contributed by atoms with Gasteiger partial charge < -0.3 is 15.2 Å². The van der Waals surface area contributed by atoms with Crippen molar-refractivity contribution in [3.63, 3.8) is 0 Å². The van der Waals surface area contributed by atoms with Crippen molar-refractivity contribution >= 4 is 17.2 Å². The maximum Gasteiger partial charge on any atom is 0.124 e. The molecule has 4 heteroatoms. The van der Waals surface area contributed by atoms with Crippen LogP contribution in [0.2, 0.25) is 0 Å². The van der Waals surface area contributed by atoms with Gasteiger partial charge in [-0.3, -0.25) is 0 Å². The van der Waals surface area contributed by atoms with Gasteiger partial charge in [-0.1, -0.05) is 42.0 Å². The third-order valence-corrected chi connectivity index (χ3v) is 3.16. The third-order valence-electron chi connectivity index (χ3n) is 2.93. The number of ether oxygens (including phenoxy) is 2. The van der Waals surface area contributed by atoms with Gasteiger partial charge in [0.05, 0.1) is 7.11 Å². The van der Waals surface area contributed by atoms with Crippen LogP contribution in [-0.4, -0.2) is 12.1 Å². The summed E-state index contributed by atoms with van der Waals surface area (Å²) in [5.41, 5.74) is 8.72. The molecular formula is C16H17NO2S. The molecule has 2 N–H and O–H groups in total. The molecule has 0 heterocycles. The van der Waals surface area contributed by atoms with E-state index in [0.29, 0.717) is 23.1 Å². The molecule has 0 unspecified atom stereocenters. The zero-order chi connectivity index (χ0) is 14.5. The van der Waals surface area contributed by atoms with Crippen LogP contribution in [-0.2, 0) is 6.61 Å². The fraction of sp³-hybridized carbons (Fsp3) is 0.188. The van der Waals surface area contributed by atoms with Gasteiger partial charge in [0.1, 0.15) is 23.1 Å². The lowest BCUT2D eigenvalue weighted by atomic mass is 10.1. The van der Waals surface area contributed by atoms with Crippen molar-refractivity contribution in [1.82, 2.24) is 0 Å². The van der Waals surface area contributed by atoms with Crippen molar-refractivity contribution in [2.75, 3.05) is 7.11 Å². The summed E-state index contributed by atoms with van der Waals surface area (Å²) in [6.45, 7) is 2.55. The highest BCUT2D eigenvalue weighted by molar-refractivity contribution is 7.80. The second-order valence-corrected chi connectivity index (χ2v) is 4.98. The normalized spacial score (nSPS) is 10.1. The fourth-order valence-corrected chi connectivity index (χ4v) is 1.88. The van der Waals surface area contributed by atoms with Crippen molar-refractivity contribution in [2.24, 2.45) is 5.73 Å². The van der Waals surface area contributed by atoms with Crippen LogP contribution in [0.4, 0.5) is 0 Å². The smallest absolute Gasteiger partial charge is 0.124 e. The van der Waals surface area contributed by atoms with E-state index in [4.69, 9.17) is 27.4 Å². The molecule has 0 fully saturated rings. The van der Waals surface area contributed by atoms with Gasteiger partial charge >= 0.3 is 0 Å². The van der Waals surface area contributed by atoms with Crippen LogP contribution in [0.15, 0.2) is 42.5 Å². The number of benzene rings is 2. The second kappa shape index (κ2) is 6.39. The maximum absolute atomic E-state index is 5.77. The average Bonchev–Trinajstić information content (AvgIpc) is 2.46. The molecular weight excluding hydrogens is 270 g/mol. The Hall–Kier alpha value is -2.07. The lowest BCUT2D eigenvalue weighted by molar-refractivity contribution is 0.303. The molecule has 0 bridgehead atoms. The Kier molecular flexibility index (Phi) is 4.58. The summed E-state index contributed by atoms with van der Waals surface area (Å²) in [5.74, 6) is 1.36. The summed E-state index contributed by atoms with van der Waals surface area (Å²) in [6.07, 6.45) is 0. The SMILES string of the molecule is COc1cc(OCc2ccc(C)cc2)cc(C(N)=S)c1. The van der Waals surface area contributed by atoms with Crippen LogP contribution in [0, 0.1) is 6.92 Å². The summed E-state index contributed by atoms with van der Waals surface area (Å²) >= 11 is 4.99. The van der Waals surface area contributed by atoms with Crippen molar-refractivity contribution < 1.29 is 9.47 Å². The van der Waals surface area contributed by atoms with Crippen molar-refractivity contribution in [3.8, 4) is 11.5 Å². The van der Waals surface area contributed by atoms with Crippen LogP contribution in [0.25, 0.3) is 0 Å². The van der Waals surface area contributed by atoms with E-state index >= 15 is 0 Å². The topological polar surface area (TPSA) is 44.5 Å². The molecule has 0 amide bonds. The van der Waals surface area contributed by atoms with E-state index in [1.165, 1.54) is 5.56 Å². The minimum absolute atomic E-state index is 0.323. The Labute approximate surface area is 124 Å². The Morgan fingerprint density at radius 2 is 1.75 bits per heavy atom. The number of thiocarbonyl (C=S) groups is 1. The standard InChI is InChI=1S/C16H17NO2S/c1-11-3-5-12(6-4-11)10-19-15-8-13(16(17)20)7-14(9-15)18-2/h3-9H,10H2,1-2H3,(H2,17,20). The first-order chi connectivity index (χ1) is 9.58. The molecule has 0 saturated heterocycles. The van der Waals surface area contributed by atoms with E-state index < -0.39 is 0 Å². The molecule has 0 spiro atoms. The summed E-state index contributed by atoms with van der Waals surface area (Å²) in [7, 11) is 1.60. The van der Waals surface area contributed by atoms with Gasteiger partial charge in [-0.2, -0.15) is 0 Å². The molecule has 2 aromatic carbocycles. The number of rotatable bonds is 5. The third kappa shape index (κ3) is 3.71. The van der Waals surface area contributed by atoms with Gasteiger partial charge in [-0.25, -0.2) is 0 Å². The van der Waals surface area contributed by atoms with E-state index in [0.717, 1.165) is 11.1 Å². The van der Waals surface area contributed by atoms with Crippen molar-refractivity contribution in [3.05, 3.63) is 59.2 Å². The molecule has 104 valence electrons. The molecule has 2 aromatic rings. The Morgan fingerprint density at radius 1 is 1.10 bits per heavy atom. The second-order valence-electron chi connectivity index (χ2n) is 4.54. The van der Waals surface area contributed by atoms with E-state index in [9.17, 15) is 0 Å². The van der Waals surface area contributed by atoms with Crippen LogP contribution in [0.3, 0.4) is 0 Å². The average molecular weight is 287 g/mol. The first-order valence-electron chi connectivity index (χ1n) is 6.25. The Morgan fingerprint density at radius 3 is 2.35 bits per heavy atom. The first kappa shape index (κ1) is 14.3. The molecule has 20 heavy (non-hydrogen) atoms. The van der Waals surface area contributed by atoms with Crippen molar-refractivity contribution in [2.45, 2.75) is 13.5 Å². The highest BCUT2D eigenvalue weighted by Gasteiger charge is 2.05. The number of methoxy groups -OCH3 is 1. The Bertz CT molecular complexity index is 608. The molecule has 0 aliphatic carbocycles. The summed E-state index contributed by atoms with van der Waals surface area (Å²) in [5, 5.41) is 0. The Balaban J connectivity index is 2.14. The van der Waals surface area contributed by atoms with Gasteiger partial charge in [0, 0.05) is 11.6 Å². The zero-order valence-electron chi connectivity index (χ0n) is 11.6. The van der Waals surface area contributed by atoms with E-state index in [1.54, 1.807) is 13.2 Å². The molecule has 0 aliphatic heterocycles. The van der Waals surface area contributed by atoms with Gasteiger partial charge in [0.25, 0.3) is 0 Å². The van der Waals surface area contributed by atoms with Gasteiger partial charge in [0.15, 0.2) is 0 Å². The molecule has 0 radical (unpaired) electrons. The molecule has 2 rings (SSSR count). The lowest BCUT2D eigenvalue weighted by Crippen LogP contribution is -2.09. The van der Waals surface area contributed by atoms with E-state index in [1.807, 2.05) is 24.3 Å². The lowest BCUT2D eigenvalue weighted by Gasteiger charge is -2.10. The monoisotopic (exact) mass is 287 g/mol. The number of aryl methyl sites for hydroxylation is 1. The molecule has 0 saturated carbocycles. The minimum Gasteiger partial charge on any atom is -0.497 e. The molecule has 3 nitrogen and oxygen atoms in total. The highest BCUT2D eigenvalue weighted by Crippen LogP contribution is 2.23. The quantitative estimate of drug-likeness (QED) is 0.858. The first-order valence-corrected chi connectivity index (χ1v) is 6.66.